The number of likely N-dealkylation sites (tertiary alicyclic amines) is 1. The Bertz CT molecular complexity index is 688. The number of nitrogens with zero attached hydrogens (tertiary/aromatic N) is 5. The number of thiazole rings is 1. The number of hydrogen-bond acceptors (Lipinski definition) is 5. The molecule has 1 aliphatic rings. The van der Waals surface area contributed by atoms with Crippen molar-refractivity contribution in [1.29, 1.82) is 0 Å². The Kier molecular flexibility index (Phi) is 5.86. The van der Waals surface area contributed by atoms with E-state index in [9.17, 15) is 4.79 Å². The zero-order valence-corrected chi connectivity index (χ0v) is 16.1. The summed E-state index contributed by atoms with van der Waals surface area (Å²) in [5.74, 6) is 0.184. The van der Waals surface area contributed by atoms with Crippen LogP contribution in [0.1, 0.15) is 28.4 Å². The molecule has 2 aromatic heterocycles. The molecule has 0 N–H and O–H groups in total. The molecule has 3 heterocycles. The largest absolute Gasteiger partial charge is 0.342 e. The summed E-state index contributed by atoms with van der Waals surface area (Å²) in [6, 6.07) is 2.30. The highest BCUT2D eigenvalue weighted by atomic mass is 32.1. The van der Waals surface area contributed by atoms with Crippen molar-refractivity contribution in [1.82, 2.24) is 24.6 Å². The van der Waals surface area contributed by atoms with Crippen molar-refractivity contribution < 1.29 is 4.79 Å². The van der Waals surface area contributed by atoms with E-state index in [1.807, 2.05) is 48.9 Å². The summed E-state index contributed by atoms with van der Waals surface area (Å²) in [5.41, 5.74) is 0.941. The van der Waals surface area contributed by atoms with Gasteiger partial charge in [0.05, 0.1) is 23.7 Å². The summed E-state index contributed by atoms with van der Waals surface area (Å²) in [7, 11) is 1.95. The average Bonchev–Trinajstić information content (AvgIpc) is 3.22. The number of hydrogen-bond donors (Lipinski definition) is 0. The highest BCUT2D eigenvalue weighted by Gasteiger charge is 2.26. The standard InChI is InChI=1S/C18H27N5OS/c1-14-17(20-15(2)25-14)13-18(24)21(3)16-5-9-22(10-6-16)11-12-23-8-4-7-19-23/h4,7-8,16H,5-6,9-13H2,1-3H3. The van der Waals surface area contributed by atoms with Gasteiger partial charge in [0.1, 0.15) is 0 Å². The van der Waals surface area contributed by atoms with Crippen LogP contribution >= 0.6 is 11.3 Å². The number of carbonyl (C=O) groups excluding carboxylic acids is 1. The Labute approximate surface area is 153 Å². The lowest BCUT2D eigenvalue weighted by Crippen LogP contribution is -2.46. The zero-order valence-electron chi connectivity index (χ0n) is 15.3. The molecule has 0 spiro atoms. The molecule has 25 heavy (non-hydrogen) atoms. The molecule has 0 saturated carbocycles. The van der Waals surface area contributed by atoms with E-state index >= 15 is 0 Å². The van der Waals surface area contributed by atoms with Crippen LogP contribution in [0.3, 0.4) is 0 Å². The van der Waals surface area contributed by atoms with Gasteiger partial charge < -0.3 is 9.80 Å². The minimum atomic E-state index is 0.184. The van der Waals surface area contributed by atoms with Gasteiger partial charge in [-0.25, -0.2) is 4.98 Å². The van der Waals surface area contributed by atoms with Crippen molar-refractivity contribution in [2.45, 2.75) is 45.7 Å². The van der Waals surface area contributed by atoms with Gasteiger partial charge in [-0.2, -0.15) is 5.10 Å². The maximum absolute atomic E-state index is 12.6. The Morgan fingerprint density at radius 3 is 2.68 bits per heavy atom. The van der Waals surface area contributed by atoms with E-state index in [-0.39, 0.29) is 5.91 Å². The predicted molar refractivity (Wildman–Crippen MR) is 99.8 cm³/mol. The van der Waals surface area contributed by atoms with E-state index in [4.69, 9.17) is 0 Å². The predicted octanol–water partition coefficient (Wildman–Crippen LogP) is 2.12. The van der Waals surface area contributed by atoms with Crippen molar-refractivity contribution in [3.63, 3.8) is 0 Å². The minimum absolute atomic E-state index is 0.184. The second kappa shape index (κ2) is 8.10. The monoisotopic (exact) mass is 361 g/mol. The molecule has 0 unspecified atom stereocenters. The van der Waals surface area contributed by atoms with Crippen LogP contribution in [-0.2, 0) is 17.8 Å². The summed E-state index contributed by atoms with van der Waals surface area (Å²) in [5, 5.41) is 5.28. The molecular weight excluding hydrogens is 334 g/mol. The maximum atomic E-state index is 12.6. The Balaban J connectivity index is 1.45. The third-order valence-electron chi connectivity index (χ3n) is 5.02. The Morgan fingerprint density at radius 1 is 1.32 bits per heavy atom. The third-order valence-corrected chi connectivity index (χ3v) is 5.95. The van der Waals surface area contributed by atoms with Crippen molar-refractivity contribution in [2.75, 3.05) is 26.7 Å². The van der Waals surface area contributed by atoms with E-state index in [1.54, 1.807) is 11.3 Å². The van der Waals surface area contributed by atoms with E-state index in [1.165, 1.54) is 0 Å². The highest BCUT2D eigenvalue weighted by molar-refractivity contribution is 7.11. The van der Waals surface area contributed by atoms with E-state index < -0.39 is 0 Å². The lowest BCUT2D eigenvalue weighted by Gasteiger charge is -2.36. The Morgan fingerprint density at radius 2 is 2.08 bits per heavy atom. The molecule has 7 heteroatoms. The van der Waals surface area contributed by atoms with Crippen molar-refractivity contribution in [3.05, 3.63) is 34.0 Å². The molecule has 0 radical (unpaired) electrons. The molecule has 2 aromatic rings. The number of amides is 1. The molecule has 0 bridgehead atoms. The van der Waals surface area contributed by atoms with Gasteiger partial charge in [0, 0.05) is 50.0 Å². The molecular formula is C18H27N5OS. The van der Waals surface area contributed by atoms with Gasteiger partial charge >= 0.3 is 0 Å². The van der Waals surface area contributed by atoms with Gasteiger partial charge in [-0.15, -0.1) is 11.3 Å². The maximum Gasteiger partial charge on any atom is 0.228 e. The Hall–Kier alpha value is -1.73. The first kappa shape index (κ1) is 18.1. The first-order valence-electron chi connectivity index (χ1n) is 8.91. The quantitative estimate of drug-likeness (QED) is 0.791. The van der Waals surface area contributed by atoms with Crippen LogP contribution in [0.25, 0.3) is 0 Å². The number of aromatic nitrogens is 3. The first-order valence-corrected chi connectivity index (χ1v) is 9.73. The molecule has 1 saturated heterocycles. The SMILES string of the molecule is Cc1nc(CC(=O)N(C)C2CCN(CCn3cccn3)CC2)c(C)s1. The minimum Gasteiger partial charge on any atom is -0.342 e. The van der Waals surface area contributed by atoms with Gasteiger partial charge in [0.15, 0.2) is 0 Å². The van der Waals surface area contributed by atoms with Crippen LogP contribution in [-0.4, -0.2) is 63.2 Å². The van der Waals surface area contributed by atoms with Crippen LogP contribution in [0.4, 0.5) is 0 Å². The van der Waals surface area contributed by atoms with Crippen molar-refractivity contribution in [2.24, 2.45) is 0 Å². The molecule has 1 amide bonds. The molecule has 1 fully saturated rings. The summed E-state index contributed by atoms with van der Waals surface area (Å²) in [4.78, 5) is 22.7. The number of rotatable bonds is 6. The van der Waals surface area contributed by atoms with Gasteiger partial charge in [0.2, 0.25) is 5.91 Å². The van der Waals surface area contributed by atoms with E-state index in [0.717, 1.165) is 54.6 Å². The summed E-state index contributed by atoms with van der Waals surface area (Å²) in [6.07, 6.45) is 6.32. The fourth-order valence-electron chi connectivity index (χ4n) is 3.41. The van der Waals surface area contributed by atoms with E-state index in [0.29, 0.717) is 12.5 Å². The second-order valence-corrected chi connectivity index (χ2v) is 8.17. The fourth-order valence-corrected chi connectivity index (χ4v) is 4.25. The molecule has 6 nitrogen and oxygen atoms in total. The average molecular weight is 362 g/mol. The zero-order chi connectivity index (χ0) is 17.8. The van der Waals surface area contributed by atoms with Crippen LogP contribution in [0.15, 0.2) is 18.5 Å². The van der Waals surface area contributed by atoms with E-state index in [2.05, 4.69) is 15.0 Å². The fraction of sp³-hybridized carbons (Fsp3) is 0.611. The normalized spacial score (nSPS) is 16.3. The summed E-state index contributed by atoms with van der Waals surface area (Å²) in [6.45, 7) is 8.06. The molecule has 3 rings (SSSR count). The molecule has 0 atom stereocenters. The topological polar surface area (TPSA) is 54.3 Å². The first-order chi connectivity index (χ1) is 12.0. The molecule has 0 aromatic carbocycles. The number of carbonyl (C=O) groups is 1. The van der Waals surface area contributed by atoms with Gasteiger partial charge in [0.25, 0.3) is 0 Å². The third kappa shape index (κ3) is 4.67. The molecule has 136 valence electrons. The van der Waals surface area contributed by atoms with Crippen LogP contribution in [0, 0.1) is 13.8 Å². The van der Waals surface area contributed by atoms with Crippen molar-refractivity contribution in [3.8, 4) is 0 Å². The number of piperidine rings is 1. The number of aryl methyl sites for hydroxylation is 2. The van der Waals surface area contributed by atoms with Gasteiger partial charge in [-0.1, -0.05) is 0 Å². The molecule has 1 aliphatic heterocycles. The van der Waals surface area contributed by atoms with Crippen LogP contribution in [0.5, 0.6) is 0 Å². The second-order valence-electron chi connectivity index (χ2n) is 6.76. The lowest BCUT2D eigenvalue weighted by molar-refractivity contribution is -0.132. The number of likely N-dealkylation sites (N-methyl/N-ethyl adjacent to an activating group) is 1. The summed E-state index contributed by atoms with van der Waals surface area (Å²) < 4.78 is 1.97. The molecule has 0 aliphatic carbocycles. The van der Waals surface area contributed by atoms with Gasteiger partial charge in [-0.3, -0.25) is 9.48 Å². The lowest BCUT2D eigenvalue weighted by atomic mass is 10.0. The summed E-state index contributed by atoms with van der Waals surface area (Å²) >= 11 is 1.67. The van der Waals surface area contributed by atoms with Crippen LogP contribution < -0.4 is 0 Å². The highest BCUT2D eigenvalue weighted by Crippen LogP contribution is 2.20. The smallest absolute Gasteiger partial charge is 0.228 e. The van der Waals surface area contributed by atoms with Crippen LogP contribution in [0.2, 0.25) is 0 Å². The van der Waals surface area contributed by atoms with Crippen molar-refractivity contribution >= 4 is 17.2 Å². The van der Waals surface area contributed by atoms with Gasteiger partial charge in [-0.05, 0) is 32.8 Å².